The second-order valence-electron chi connectivity index (χ2n) is 6.48. The van der Waals surface area contributed by atoms with Crippen LogP contribution in [0.4, 0.5) is 5.69 Å². The first-order chi connectivity index (χ1) is 14.5. The largest absolute Gasteiger partial charge is 0.495 e. The lowest BCUT2D eigenvalue weighted by Crippen LogP contribution is -2.31. The lowest BCUT2D eigenvalue weighted by atomic mass is 10.0. The fraction of sp³-hybridized carbons (Fsp3) is 0.0909. The third-order valence-electron chi connectivity index (χ3n) is 4.63. The van der Waals surface area contributed by atoms with Crippen LogP contribution >= 0.6 is 23.2 Å². The Kier molecular flexibility index (Phi) is 5.53. The molecule has 6 nitrogen and oxygen atoms in total. The Morgan fingerprint density at radius 1 is 1.03 bits per heavy atom. The second-order valence-corrected chi connectivity index (χ2v) is 7.32. The van der Waals surface area contributed by atoms with Crippen molar-refractivity contribution in [3.63, 3.8) is 0 Å². The third kappa shape index (κ3) is 3.67. The van der Waals surface area contributed by atoms with Crippen molar-refractivity contribution < 1.29 is 18.7 Å². The minimum Gasteiger partial charge on any atom is -0.495 e. The molecule has 0 spiro atoms. The van der Waals surface area contributed by atoms with Gasteiger partial charge in [-0.1, -0.05) is 41.4 Å². The standard InChI is InChI=1S/C22H16Cl2N2O4/c1-29-18-7-3-2-6-17(18)25-20-19(15-9-8-13(23)11-16(15)24)21(27)26(22(20)28)12-14-5-4-10-30-14/h2-11,25H,12H2,1H3. The van der Waals surface area contributed by atoms with Gasteiger partial charge in [-0.2, -0.15) is 0 Å². The highest BCUT2D eigenvalue weighted by Gasteiger charge is 2.40. The molecule has 1 aliphatic heterocycles. The molecule has 30 heavy (non-hydrogen) atoms. The van der Waals surface area contributed by atoms with E-state index in [1.807, 2.05) is 0 Å². The van der Waals surface area contributed by atoms with Crippen LogP contribution in [0.5, 0.6) is 5.75 Å². The number of amides is 2. The highest BCUT2D eigenvalue weighted by Crippen LogP contribution is 2.37. The molecular weight excluding hydrogens is 427 g/mol. The molecule has 4 rings (SSSR count). The van der Waals surface area contributed by atoms with E-state index in [1.54, 1.807) is 48.5 Å². The van der Waals surface area contributed by atoms with Crippen LogP contribution in [0.1, 0.15) is 11.3 Å². The SMILES string of the molecule is COc1ccccc1NC1=C(c2ccc(Cl)cc2Cl)C(=O)N(Cc2ccco2)C1=O. The average molecular weight is 443 g/mol. The highest BCUT2D eigenvalue weighted by atomic mass is 35.5. The van der Waals surface area contributed by atoms with E-state index in [-0.39, 0.29) is 22.8 Å². The Labute approximate surface area is 182 Å². The fourth-order valence-electron chi connectivity index (χ4n) is 3.22. The number of methoxy groups -OCH3 is 1. The smallest absolute Gasteiger partial charge is 0.278 e. The molecule has 0 bridgehead atoms. The van der Waals surface area contributed by atoms with E-state index >= 15 is 0 Å². The molecule has 2 amide bonds. The number of furan rings is 1. The first-order valence-corrected chi connectivity index (χ1v) is 9.73. The number of hydrogen-bond acceptors (Lipinski definition) is 5. The Bertz CT molecular complexity index is 1160. The van der Waals surface area contributed by atoms with Crippen LogP contribution in [0.3, 0.4) is 0 Å². The van der Waals surface area contributed by atoms with Gasteiger partial charge in [0, 0.05) is 10.6 Å². The van der Waals surface area contributed by atoms with Gasteiger partial charge in [0.2, 0.25) is 0 Å². The number of imide groups is 1. The van der Waals surface area contributed by atoms with Gasteiger partial charge in [0.15, 0.2) is 0 Å². The number of rotatable bonds is 6. The number of carbonyl (C=O) groups is 2. The summed E-state index contributed by atoms with van der Waals surface area (Å²) in [7, 11) is 1.52. The molecule has 0 saturated heterocycles. The van der Waals surface area contributed by atoms with Gasteiger partial charge in [-0.15, -0.1) is 0 Å². The summed E-state index contributed by atoms with van der Waals surface area (Å²) in [6.45, 7) is -0.00349. The molecule has 1 N–H and O–H groups in total. The van der Waals surface area contributed by atoms with E-state index in [1.165, 1.54) is 19.4 Å². The number of anilines is 1. The van der Waals surface area contributed by atoms with E-state index in [0.717, 1.165) is 4.90 Å². The molecule has 1 aromatic heterocycles. The fourth-order valence-corrected chi connectivity index (χ4v) is 3.72. The minimum absolute atomic E-state index is 0.00349. The molecule has 3 aromatic rings. The van der Waals surface area contributed by atoms with Crippen molar-refractivity contribution in [2.24, 2.45) is 0 Å². The van der Waals surface area contributed by atoms with Gasteiger partial charge in [-0.05, 0) is 36.4 Å². The molecule has 0 fully saturated rings. The number of carbonyl (C=O) groups excluding carboxylic acids is 2. The van der Waals surface area contributed by atoms with E-state index in [0.29, 0.717) is 27.8 Å². The normalized spacial score (nSPS) is 13.9. The summed E-state index contributed by atoms with van der Waals surface area (Å²) in [4.78, 5) is 27.6. The van der Waals surface area contributed by atoms with Crippen LogP contribution in [-0.4, -0.2) is 23.8 Å². The zero-order valence-corrected chi connectivity index (χ0v) is 17.3. The number of nitrogens with one attached hydrogen (secondary N) is 1. The van der Waals surface area contributed by atoms with E-state index in [2.05, 4.69) is 5.32 Å². The van der Waals surface area contributed by atoms with Crippen molar-refractivity contribution in [3.05, 3.63) is 87.9 Å². The Balaban J connectivity index is 1.81. The van der Waals surface area contributed by atoms with Crippen LogP contribution in [0.2, 0.25) is 10.0 Å². The summed E-state index contributed by atoms with van der Waals surface area (Å²) >= 11 is 12.4. The van der Waals surface area contributed by atoms with Crippen molar-refractivity contribution in [2.45, 2.75) is 6.54 Å². The Morgan fingerprint density at radius 3 is 2.53 bits per heavy atom. The average Bonchev–Trinajstić information content (AvgIpc) is 3.32. The molecule has 2 heterocycles. The highest BCUT2D eigenvalue weighted by molar-refractivity contribution is 6.41. The molecule has 1 aliphatic rings. The summed E-state index contributed by atoms with van der Waals surface area (Å²) in [6, 6.07) is 15.2. The summed E-state index contributed by atoms with van der Waals surface area (Å²) in [5.41, 5.74) is 1.19. The second kappa shape index (κ2) is 8.26. The zero-order valence-electron chi connectivity index (χ0n) is 15.8. The van der Waals surface area contributed by atoms with Gasteiger partial charge >= 0.3 is 0 Å². The van der Waals surface area contributed by atoms with Crippen molar-refractivity contribution >= 4 is 46.3 Å². The number of para-hydroxylation sites is 2. The maximum atomic E-state index is 13.3. The number of ether oxygens (including phenoxy) is 1. The van der Waals surface area contributed by atoms with Crippen LogP contribution < -0.4 is 10.1 Å². The van der Waals surface area contributed by atoms with E-state index < -0.39 is 11.8 Å². The van der Waals surface area contributed by atoms with Crippen LogP contribution in [-0.2, 0) is 16.1 Å². The lowest BCUT2D eigenvalue weighted by Gasteiger charge is -2.14. The monoisotopic (exact) mass is 442 g/mol. The van der Waals surface area contributed by atoms with Gasteiger partial charge in [-0.25, -0.2) is 0 Å². The number of benzene rings is 2. The van der Waals surface area contributed by atoms with Crippen molar-refractivity contribution in [1.29, 1.82) is 0 Å². The van der Waals surface area contributed by atoms with Crippen molar-refractivity contribution in [2.75, 3.05) is 12.4 Å². The van der Waals surface area contributed by atoms with Gasteiger partial charge in [0.05, 0.1) is 36.2 Å². The predicted octanol–water partition coefficient (Wildman–Crippen LogP) is 4.99. The van der Waals surface area contributed by atoms with Gasteiger partial charge in [0.1, 0.15) is 17.2 Å². The van der Waals surface area contributed by atoms with Crippen LogP contribution in [0, 0.1) is 0 Å². The topological polar surface area (TPSA) is 71.8 Å². The molecule has 0 aliphatic carbocycles. The first-order valence-electron chi connectivity index (χ1n) is 8.98. The van der Waals surface area contributed by atoms with Crippen LogP contribution in [0.25, 0.3) is 5.57 Å². The molecule has 152 valence electrons. The summed E-state index contributed by atoms with van der Waals surface area (Å²) in [5.74, 6) is 0.0226. The third-order valence-corrected chi connectivity index (χ3v) is 5.18. The quantitative estimate of drug-likeness (QED) is 0.544. The minimum atomic E-state index is -0.497. The van der Waals surface area contributed by atoms with Crippen LogP contribution in [0.15, 0.2) is 71.0 Å². The van der Waals surface area contributed by atoms with Gasteiger partial charge in [-0.3, -0.25) is 14.5 Å². The molecule has 0 saturated carbocycles. The molecule has 0 radical (unpaired) electrons. The lowest BCUT2D eigenvalue weighted by molar-refractivity contribution is -0.137. The molecule has 8 heteroatoms. The number of hydrogen-bond donors (Lipinski definition) is 1. The molecule has 0 atom stereocenters. The van der Waals surface area contributed by atoms with E-state index in [4.69, 9.17) is 32.4 Å². The predicted molar refractivity (Wildman–Crippen MR) is 114 cm³/mol. The zero-order chi connectivity index (χ0) is 21.3. The maximum absolute atomic E-state index is 13.3. The number of halogens is 2. The Morgan fingerprint density at radius 2 is 1.83 bits per heavy atom. The summed E-state index contributed by atoms with van der Waals surface area (Å²) in [5, 5.41) is 3.75. The van der Waals surface area contributed by atoms with E-state index in [9.17, 15) is 9.59 Å². The summed E-state index contributed by atoms with van der Waals surface area (Å²) < 4.78 is 10.7. The Hall–Kier alpha value is -3.22. The van der Waals surface area contributed by atoms with Gasteiger partial charge in [0.25, 0.3) is 11.8 Å². The molecule has 0 unspecified atom stereocenters. The first kappa shape index (κ1) is 20.1. The number of nitrogens with zero attached hydrogens (tertiary/aromatic N) is 1. The van der Waals surface area contributed by atoms with Crippen molar-refractivity contribution in [1.82, 2.24) is 4.90 Å². The summed E-state index contributed by atoms with van der Waals surface area (Å²) in [6.07, 6.45) is 1.48. The molecular formula is C22H16Cl2N2O4. The van der Waals surface area contributed by atoms with Gasteiger partial charge < -0.3 is 14.5 Å². The van der Waals surface area contributed by atoms with Crippen molar-refractivity contribution in [3.8, 4) is 5.75 Å². The molecule has 2 aromatic carbocycles. The maximum Gasteiger partial charge on any atom is 0.278 e.